The Labute approximate surface area is 170 Å². The highest BCUT2D eigenvalue weighted by Crippen LogP contribution is 2.38. The molecule has 0 bridgehead atoms. The number of benzene rings is 1. The van der Waals surface area contributed by atoms with Crippen molar-refractivity contribution in [2.75, 3.05) is 23.9 Å². The molecule has 1 aliphatic rings. The van der Waals surface area contributed by atoms with Gasteiger partial charge in [-0.3, -0.25) is 9.59 Å². The van der Waals surface area contributed by atoms with Crippen LogP contribution in [0.25, 0.3) is 0 Å². The van der Waals surface area contributed by atoms with E-state index in [1.165, 1.54) is 0 Å². The zero-order chi connectivity index (χ0) is 21.4. The number of fused-ring (bicyclic) bond motifs is 1. The van der Waals surface area contributed by atoms with Gasteiger partial charge < -0.3 is 14.5 Å². The lowest BCUT2D eigenvalue weighted by Gasteiger charge is -2.27. The number of furan rings is 1. The molecule has 0 atom stereocenters. The predicted molar refractivity (Wildman–Crippen MR) is 109 cm³/mol. The Balaban J connectivity index is 1.75. The molecule has 7 nitrogen and oxygen atoms in total. The summed E-state index contributed by atoms with van der Waals surface area (Å²) in [4.78, 5) is 25.2. The van der Waals surface area contributed by atoms with Gasteiger partial charge in [0.15, 0.2) is 21.4 Å². The molecule has 0 radical (unpaired) electrons. The highest BCUT2D eigenvalue weighted by atomic mass is 32.2. The Morgan fingerprint density at radius 2 is 2.00 bits per heavy atom. The third-order valence-corrected chi connectivity index (χ3v) is 5.71. The van der Waals surface area contributed by atoms with E-state index in [1.54, 1.807) is 31.2 Å². The van der Waals surface area contributed by atoms with Crippen molar-refractivity contribution in [3.05, 3.63) is 46.9 Å². The van der Waals surface area contributed by atoms with Crippen LogP contribution in [-0.4, -0.2) is 38.7 Å². The minimum absolute atomic E-state index is 0.00201. The van der Waals surface area contributed by atoms with Gasteiger partial charge in [0.1, 0.15) is 18.1 Å². The van der Waals surface area contributed by atoms with Gasteiger partial charge in [-0.2, -0.15) is 0 Å². The molecular formula is C21H25NO6S. The summed E-state index contributed by atoms with van der Waals surface area (Å²) < 4.78 is 33.6. The highest BCUT2D eigenvalue weighted by molar-refractivity contribution is 7.90. The number of carbonyl (C=O) groups excluding carboxylic acids is 2. The Kier molecular flexibility index (Phi) is 5.58. The topological polar surface area (TPSA) is 103 Å². The highest BCUT2D eigenvalue weighted by Gasteiger charge is 2.37. The van der Waals surface area contributed by atoms with Crippen molar-refractivity contribution in [2.45, 2.75) is 33.6 Å². The molecule has 0 aliphatic heterocycles. The van der Waals surface area contributed by atoms with E-state index in [9.17, 15) is 18.0 Å². The Bertz CT molecular complexity index is 1060. The second-order valence-corrected chi connectivity index (χ2v) is 10.5. The number of ether oxygens (including phenoxy) is 1. The maximum absolute atomic E-state index is 12.7. The summed E-state index contributed by atoms with van der Waals surface area (Å²) in [5.74, 6) is 0.592. The fourth-order valence-corrected chi connectivity index (χ4v) is 3.85. The van der Waals surface area contributed by atoms with Gasteiger partial charge in [0.05, 0.1) is 11.3 Å². The van der Waals surface area contributed by atoms with E-state index >= 15 is 0 Å². The Morgan fingerprint density at radius 1 is 1.28 bits per heavy atom. The number of nitrogens with one attached hydrogen (secondary N) is 1. The minimum Gasteiger partial charge on any atom is -0.492 e. The fourth-order valence-electron chi connectivity index (χ4n) is 3.46. The summed E-state index contributed by atoms with van der Waals surface area (Å²) in [5.41, 5.74) is 1.36. The first-order valence-electron chi connectivity index (χ1n) is 9.33. The maximum Gasteiger partial charge on any atom is 0.291 e. The molecule has 8 heteroatoms. The average molecular weight is 419 g/mol. The molecular weight excluding hydrogens is 394 g/mol. The van der Waals surface area contributed by atoms with Crippen LogP contribution in [0.15, 0.2) is 28.7 Å². The van der Waals surface area contributed by atoms with Crippen molar-refractivity contribution in [2.24, 2.45) is 5.41 Å². The zero-order valence-corrected chi connectivity index (χ0v) is 17.8. The van der Waals surface area contributed by atoms with Crippen LogP contribution in [0.4, 0.5) is 5.69 Å². The van der Waals surface area contributed by atoms with Crippen molar-refractivity contribution in [1.82, 2.24) is 0 Å². The lowest BCUT2D eigenvalue weighted by atomic mass is 9.76. The molecule has 29 heavy (non-hydrogen) atoms. The van der Waals surface area contributed by atoms with E-state index in [1.807, 2.05) is 13.8 Å². The molecule has 1 aromatic heterocycles. The van der Waals surface area contributed by atoms with Crippen LogP contribution in [0, 0.1) is 12.3 Å². The average Bonchev–Trinajstić information content (AvgIpc) is 2.89. The maximum atomic E-state index is 12.7. The van der Waals surface area contributed by atoms with Crippen LogP contribution in [0.2, 0.25) is 0 Å². The summed E-state index contributed by atoms with van der Waals surface area (Å²) in [7, 11) is -3.11. The smallest absolute Gasteiger partial charge is 0.291 e. The van der Waals surface area contributed by atoms with Gasteiger partial charge in [-0.15, -0.1) is 0 Å². The number of rotatable bonds is 6. The molecule has 1 N–H and O–H groups in total. The molecule has 0 saturated heterocycles. The van der Waals surface area contributed by atoms with Crippen LogP contribution in [0.3, 0.4) is 0 Å². The van der Waals surface area contributed by atoms with Crippen molar-refractivity contribution in [3.8, 4) is 5.75 Å². The van der Waals surface area contributed by atoms with E-state index in [2.05, 4.69) is 5.32 Å². The summed E-state index contributed by atoms with van der Waals surface area (Å²) in [6.45, 7) is 5.75. The molecule has 0 unspecified atom stereocenters. The molecule has 2 aromatic rings. The lowest BCUT2D eigenvalue weighted by molar-refractivity contribution is 0.0898. The lowest BCUT2D eigenvalue weighted by Crippen LogP contribution is -2.26. The van der Waals surface area contributed by atoms with Crippen molar-refractivity contribution < 1.29 is 27.2 Å². The van der Waals surface area contributed by atoms with E-state index in [4.69, 9.17) is 9.15 Å². The molecule has 0 saturated carbocycles. The van der Waals surface area contributed by atoms with Gasteiger partial charge in [0, 0.05) is 36.4 Å². The first-order valence-corrected chi connectivity index (χ1v) is 11.4. The van der Waals surface area contributed by atoms with Gasteiger partial charge in [-0.1, -0.05) is 19.9 Å². The predicted octanol–water partition coefficient (Wildman–Crippen LogP) is 3.42. The Morgan fingerprint density at radius 3 is 2.69 bits per heavy atom. The van der Waals surface area contributed by atoms with Crippen LogP contribution in [0.5, 0.6) is 5.75 Å². The summed E-state index contributed by atoms with van der Waals surface area (Å²) in [5, 5.41) is 2.75. The normalized spacial score (nSPS) is 15.7. The molecule has 1 heterocycles. The minimum atomic E-state index is -3.11. The molecule has 1 aliphatic carbocycles. The van der Waals surface area contributed by atoms with Gasteiger partial charge in [0.2, 0.25) is 0 Å². The van der Waals surface area contributed by atoms with Gasteiger partial charge in [-0.25, -0.2) is 8.42 Å². The number of Topliss-reactive ketones (excluding diaryl/α,β-unsaturated/α-hetero) is 1. The van der Waals surface area contributed by atoms with Crippen LogP contribution in [-0.2, 0) is 16.3 Å². The number of anilines is 1. The number of ketones is 1. The van der Waals surface area contributed by atoms with Crippen molar-refractivity contribution in [1.29, 1.82) is 0 Å². The van der Waals surface area contributed by atoms with Gasteiger partial charge >= 0.3 is 0 Å². The van der Waals surface area contributed by atoms with Crippen LogP contribution >= 0.6 is 0 Å². The zero-order valence-electron chi connectivity index (χ0n) is 17.0. The van der Waals surface area contributed by atoms with Crippen LogP contribution in [0.1, 0.15) is 52.5 Å². The third kappa shape index (κ3) is 5.06. The molecule has 1 aromatic carbocycles. The van der Waals surface area contributed by atoms with E-state index in [0.717, 1.165) is 6.26 Å². The first kappa shape index (κ1) is 21.1. The van der Waals surface area contributed by atoms with Gasteiger partial charge in [-0.05, 0) is 24.5 Å². The monoisotopic (exact) mass is 419 g/mol. The van der Waals surface area contributed by atoms with E-state index in [-0.39, 0.29) is 29.3 Å². The SMILES string of the molecule is Cc1c(C(=O)Nc2cccc(OCCS(C)(=O)=O)c2)oc2c1C(=O)CC(C)(C)C2. The van der Waals surface area contributed by atoms with Gasteiger partial charge in [0.25, 0.3) is 5.91 Å². The third-order valence-electron chi connectivity index (χ3n) is 4.80. The number of carbonyl (C=O) groups is 2. The number of hydrogen-bond donors (Lipinski definition) is 1. The van der Waals surface area contributed by atoms with Crippen molar-refractivity contribution in [3.63, 3.8) is 0 Å². The Hall–Kier alpha value is -2.61. The number of hydrogen-bond acceptors (Lipinski definition) is 6. The summed E-state index contributed by atoms with van der Waals surface area (Å²) in [6, 6.07) is 6.66. The molecule has 3 rings (SSSR count). The second kappa shape index (κ2) is 7.67. The van der Waals surface area contributed by atoms with Crippen molar-refractivity contribution >= 4 is 27.2 Å². The standard InChI is InChI=1S/C21H25NO6S/c1-13-18-16(23)11-21(2,3)12-17(18)28-19(13)20(24)22-14-6-5-7-15(10-14)27-8-9-29(4,25)26/h5-7,10H,8-9,11-12H2,1-4H3,(H,22,24). The summed E-state index contributed by atoms with van der Waals surface area (Å²) in [6.07, 6.45) is 2.17. The largest absolute Gasteiger partial charge is 0.492 e. The molecule has 1 amide bonds. The van der Waals surface area contributed by atoms with E-state index < -0.39 is 15.7 Å². The van der Waals surface area contributed by atoms with Crippen LogP contribution < -0.4 is 10.1 Å². The molecule has 156 valence electrons. The number of amides is 1. The fraction of sp³-hybridized carbons (Fsp3) is 0.429. The second-order valence-electron chi connectivity index (χ2n) is 8.26. The number of sulfone groups is 1. The molecule has 0 spiro atoms. The van der Waals surface area contributed by atoms with E-state index in [0.29, 0.717) is 41.2 Å². The molecule has 0 fully saturated rings. The summed E-state index contributed by atoms with van der Waals surface area (Å²) >= 11 is 0. The first-order chi connectivity index (χ1) is 13.5. The quantitative estimate of drug-likeness (QED) is 0.770.